The van der Waals surface area contributed by atoms with Crippen molar-refractivity contribution >= 4 is 31.5 Å². The van der Waals surface area contributed by atoms with E-state index in [-0.39, 0.29) is 0 Å². The van der Waals surface area contributed by atoms with Crippen LogP contribution in [0, 0.1) is 0 Å². The summed E-state index contributed by atoms with van der Waals surface area (Å²) in [7, 11) is 0. The van der Waals surface area contributed by atoms with Crippen molar-refractivity contribution in [1.29, 1.82) is 0 Å². The Hall–Kier alpha value is -5.45. The summed E-state index contributed by atoms with van der Waals surface area (Å²) in [4.78, 5) is 14.3. The first kappa shape index (κ1) is 25.3. The second kappa shape index (κ2) is 10.8. The third kappa shape index (κ3) is 4.88. The highest BCUT2D eigenvalue weighted by molar-refractivity contribution is 7.25. The molecular weight excluding hydrogens is 543 g/mol. The zero-order valence-electron chi connectivity index (χ0n) is 23.2. The van der Waals surface area contributed by atoms with Crippen LogP contribution in [-0.4, -0.2) is 15.0 Å². The number of pyridine rings is 1. The minimum absolute atomic E-state index is 0.697. The molecule has 0 bridgehead atoms. The largest absolute Gasteiger partial charge is 0.265 e. The number of nitrogens with zero attached hydrogens (tertiary/aromatic N) is 3. The normalized spacial score (nSPS) is 11.3. The van der Waals surface area contributed by atoms with E-state index in [1.54, 1.807) is 12.4 Å². The Morgan fingerprint density at radius 1 is 0.372 bits per heavy atom. The van der Waals surface area contributed by atoms with Gasteiger partial charge in [-0.3, -0.25) is 4.98 Å². The summed E-state index contributed by atoms with van der Waals surface area (Å²) in [6, 6.07) is 49.1. The molecule has 8 rings (SSSR count). The summed E-state index contributed by atoms with van der Waals surface area (Å²) in [6.45, 7) is 0. The van der Waals surface area contributed by atoms with Crippen LogP contribution in [0.5, 0.6) is 0 Å². The minimum atomic E-state index is 0.697. The average Bonchev–Trinajstić information content (AvgIpc) is 3.47. The first-order valence-electron chi connectivity index (χ1n) is 14.3. The molecule has 0 amide bonds. The van der Waals surface area contributed by atoms with E-state index in [1.807, 2.05) is 41.7 Å². The van der Waals surface area contributed by atoms with Gasteiger partial charge in [-0.1, -0.05) is 84.9 Å². The molecule has 0 aliphatic rings. The number of hydrogen-bond donors (Lipinski definition) is 0. The maximum absolute atomic E-state index is 5.13. The molecule has 4 heteroatoms. The number of hydrogen-bond acceptors (Lipinski definition) is 4. The van der Waals surface area contributed by atoms with Gasteiger partial charge in [0, 0.05) is 49.3 Å². The van der Waals surface area contributed by atoms with E-state index >= 15 is 0 Å². The van der Waals surface area contributed by atoms with E-state index in [0.29, 0.717) is 5.82 Å². The molecule has 0 aliphatic carbocycles. The molecule has 0 saturated carbocycles. The molecule has 3 nitrogen and oxygen atoms in total. The van der Waals surface area contributed by atoms with Crippen LogP contribution in [0.1, 0.15) is 0 Å². The van der Waals surface area contributed by atoms with Gasteiger partial charge in [0.05, 0.1) is 11.4 Å². The minimum Gasteiger partial charge on any atom is -0.265 e. The SMILES string of the molecule is c1ccc(-c2cc(-c3ccc4sc5ccccc5c4c3)cc(-c3cc(-c4ccncc4)nc(-c4ccccc4)n3)c2)cc1. The smallest absolute Gasteiger partial charge is 0.160 e. The van der Waals surface area contributed by atoms with Crippen LogP contribution in [0.15, 0.2) is 152 Å². The van der Waals surface area contributed by atoms with Gasteiger partial charge in [0.25, 0.3) is 0 Å². The molecule has 8 aromatic rings. The Morgan fingerprint density at radius 2 is 0.977 bits per heavy atom. The van der Waals surface area contributed by atoms with Crippen LogP contribution in [0.4, 0.5) is 0 Å². The van der Waals surface area contributed by atoms with E-state index in [2.05, 4.69) is 114 Å². The number of thiophene rings is 1. The van der Waals surface area contributed by atoms with E-state index < -0.39 is 0 Å². The molecule has 0 saturated heterocycles. The highest BCUT2D eigenvalue weighted by atomic mass is 32.1. The molecule has 43 heavy (non-hydrogen) atoms. The first-order chi connectivity index (χ1) is 21.3. The molecule has 0 fully saturated rings. The quantitative estimate of drug-likeness (QED) is 0.208. The van der Waals surface area contributed by atoms with Gasteiger partial charge >= 0.3 is 0 Å². The van der Waals surface area contributed by atoms with Crippen molar-refractivity contribution in [2.45, 2.75) is 0 Å². The Labute approximate surface area is 253 Å². The predicted octanol–water partition coefficient (Wildman–Crippen LogP) is 10.6. The van der Waals surface area contributed by atoms with Gasteiger partial charge in [0.2, 0.25) is 0 Å². The molecule has 0 radical (unpaired) electrons. The van der Waals surface area contributed by atoms with Crippen LogP contribution >= 0.6 is 11.3 Å². The molecule has 202 valence electrons. The first-order valence-corrected chi connectivity index (χ1v) is 15.1. The number of rotatable bonds is 5. The Bertz CT molecular complexity index is 2170. The van der Waals surface area contributed by atoms with Crippen molar-refractivity contribution in [2.75, 3.05) is 0 Å². The van der Waals surface area contributed by atoms with Crippen LogP contribution in [0.3, 0.4) is 0 Å². The predicted molar refractivity (Wildman–Crippen MR) is 180 cm³/mol. The van der Waals surface area contributed by atoms with Crippen molar-refractivity contribution < 1.29 is 0 Å². The number of benzene rings is 5. The zero-order valence-corrected chi connectivity index (χ0v) is 24.0. The molecule has 0 atom stereocenters. The lowest BCUT2D eigenvalue weighted by Gasteiger charge is -2.13. The summed E-state index contributed by atoms with van der Waals surface area (Å²) < 4.78 is 2.61. The van der Waals surface area contributed by atoms with Gasteiger partial charge in [0.1, 0.15) is 0 Å². The lowest BCUT2D eigenvalue weighted by Crippen LogP contribution is -1.96. The Balaban J connectivity index is 1.35. The summed E-state index contributed by atoms with van der Waals surface area (Å²) in [6.07, 6.45) is 3.61. The summed E-state index contributed by atoms with van der Waals surface area (Å²) in [5.74, 6) is 0.697. The van der Waals surface area contributed by atoms with Crippen molar-refractivity contribution in [3.8, 4) is 56.2 Å². The van der Waals surface area contributed by atoms with E-state index in [9.17, 15) is 0 Å². The van der Waals surface area contributed by atoms with Crippen molar-refractivity contribution in [3.63, 3.8) is 0 Å². The average molecular weight is 568 g/mol. The molecule has 0 N–H and O–H groups in total. The van der Waals surface area contributed by atoms with E-state index in [1.165, 1.54) is 31.3 Å². The molecule has 0 aliphatic heterocycles. The van der Waals surface area contributed by atoms with Gasteiger partial charge in [-0.05, 0) is 76.9 Å². The van der Waals surface area contributed by atoms with Crippen LogP contribution < -0.4 is 0 Å². The summed E-state index contributed by atoms with van der Waals surface area (Å²) in [5.41, 5.74) is 9.42. The molecule has 0 spiro atoms. The highest BCUT2D eigenvalue weighted by Crippen LogP contribution is 2.39. The molecule has 5 aromatic carbocycles. The Kier molecular flexibility index (Phi) is 6.32. The van der Waals surface area contributed by atoms with Gasteiger partial charge < -0.3 is 0 Å². The maximum Gasteiger partial charge on any atom is 0.160 e. The molecule has 0 unspecified atom stereocenters. The second-order valence-electron chi connectivity index (χ2n) is 10.5. The third-order valence-electron chi connectivity index (χ3n) is 7.78. The third-order valence-corrected chi connectivity index (χ3v) is 8.93. The molecule has 3 heterocycles. The fourth-order valence-corrected chi connectivity index (χ4v) is 6.71. The van der Waals surface area contributed by atoms with Crippen molar-refractivity contribution in [2.24, 2.45) is 0 Å². The standard InChI is InChI=1S/C39H25N3S/c1-3-9-26(10-4-1)30-21-31(29-15-16-38-34(24-29)33-13-7-8-14-37(33)43-38)23-32(22-30)36-25-35(27-17-19-40-20-18-27)41-39(42-36)28-11-5-2-6-12-28/h1-25H. The fourth-order valence-electron chi connectivity index (χ4n) is 5.63. The fraction of sp³-hybridized carbons (Fsp3) is 0. The maximum atomic E-state index is 5.13. The van der Waals surface area contributed by atoms with E-state index in [0.717, 1.165) is 39.2 Å². The van der Waals surface area contributed by atoms with Gasteiger partial charge in [-0.2, -0.15) is 0 Å². The van der Waals surface area contributed by atoms with Crippen LogP contribution in [0.2, 0.25) is 0 Å². The van der Waals surface area contributed by atoms with Gasteiger partial charge in [-0.15, -0.1) is 11.3 Å². The second-order valence-corrected chi connectivity index (χ2v) is 11.6. The lowest BCUT2D eigenvalue weighted by molar-refractivity contribution is 1.18. The van der Waals surface area contributed by atoms with Gasteiger partial charge in [0.15, 0.2) is 5.82 Å². The Morgan fingerprint density at radius 3 is 1.74 bits per heavy atom. The number of fused-ring (bicyclic) bond motifs is 3. The van der Waals surface area contributed by atoms with Crippen molar-refractivity contribution in [3.05, 3.63) is 152 Å². The molecule has 3 aromatic heterocycles. The van der Waals surface area contributed by atoms with Gasteiger partial charge in [-0.25, -0.2) is 9.97 Å². The topological polar surface area (TPSA) is 38.7 Å². The van der Waals surface area contributed by atoms with E-state index in [4.69, 9.17) is 9.97 Å². The lowest BCUT2D eigenvalue weighted by atomic mass is 9.94. The van der Waals surface area contributed by atoms with Crippen LogP contribution in [0.25, 0.3) is 76.3 Å². The highest BCUT2D eigenvalue weighted by Gasteiger charge is 2.14. The zero-order chi connectivity index (χ0) is 28.6. The molecular formula is C39H25N3S. The number of aromatic nitrogens is 3. The van der Waals surface area contributed by atoms with Crippen LogP contribution in [-0.2, 0) is 0 Å². The van der Waals surface area contributed by atoms with Crippen molar-refractivity contribution in [1.82, 2.24) is 15.0 Å². The summed E-state index contributed by atoms with van der Waals surface area (Å²) in [5, 5.41) is 2.59. The monoisotopic (exact) mass is 567 g/mol. The summed E-state index contributed by atoms with van der Waals surface area (Å²) >= 11 is 1.84.